The highest BCUT2D eigenvalue weighted by Crippen LogP contribution is 2.07. The molecule has 0 fully saturated rings. The van der Waals surface area contributed by atoms with Crippen molar-refractivity contribution in [2.24, 2.45) is 0 Å². The monoisotopic (exact) mass is 314 g/mol. The third-order valence-electron chi connectivity index (χ3n) is 2.15. The SMILES string of the molecule is CCOC(=O)[C@H](C)NC(=O)Cc1ccc(Br)cn1. The Morgan fingerprint density at radius 3 is 2.78 bits per heavy atom. The zero-order valence-electron chi connectivity index (χ0n) is 10.3. The molecule has 18 heavy (non-hydrogen) atoms. The molecule has 1 aromatic heterocycles. The fraction of sp³-hybridized carbons (Fsp3) is 0.417. The van der Waals surface area contributed by atoms with Crippen LogP contribution in [0.3, 0.4) is 0 Å². The molecule has 0 unspecified atom stereocenters. The van der Waals surface area contributed by atoms with E-state index in [1.807, 2.05) is 6.07 Å². The molecule has 6 heteroatoms. The molecule has 0 saturated carbocycles. The molecular weight excluding hydrogens is 300 g/mol. The molecule has 0 aliphatic rings. The summed E-state index contributed by atoms with van der Waals surface area (Å²) in [5.41, 5.74) is 0.645. The first kappa shape index (κ1) is 14.6. The lowest BCUT2D eigenvalue weighted by Gasteiger charge is -2.12. The summed E-state index contributed by atoms with van der Waals surface area (Å²) in [6.45, 7) is 3.61. The fourth-order valence-corrected chi connectivity index (χ4v) is 1.53. The number of halogens is 1. The fourth-order valence-electron chi connectivity index (χ4n) is 1.29. The number of ether oxygens (including phenoxy) is 1. The Hall–Kier alpha value is -1.43. The quantitative estimate of drug-likeness (QED) is 0.835. The van der Waals surface area contributed by atoms with Crippen molar-refractivity contribution in [1.82, 2.24) is 10.3 Å². The van der Waals surface area contributed by atoms with Crippen LogP contribution in [-0.2, 0) is 20.7 Å². The molecule has 0 aliphatic heterocycles. The van der Waals surface area contributed by atoms with Crippen LogP contribution in [-0.4, -0.2) is 29.5 Å². The van der Waals surface area contributed by atoms with Gasteiger partial charge >= 0.3 is 5.97 Å². The van der Waals surface area contributed by atoms with Crippen molar-refractivity contribution in [3.8, 4) is 0 Å². The molecule has 0 bridgehead atoms. The van der Waals surface area contributed by atoms with Crippen LogP contribution >= 0.6 is 15.9 Å². The minimum Gasteiger partial charge on any atom is -0.464 e. The average molecular weight is 315 g/mol. The summed E-state index contributed by atoms with van der Waals surface area (Å²) in [6, 6.07) is 2.91. The lowest BCUT2D eigenvalue weighted by atomic mass is 10.2. The largest absolute Gasteiger partial charge is 0.464 e. The van der Waals surface area contributed by atoms with Crippen molar-refractivity contribution in [2.45, 2.75) is 26.3 Å². The normalized spacial score (nSPS) is 11.7. The van der Waals surface area contributed by atoms with E-state index in [1.54, 1.807) is 26.1 Å². The number of esters is 1. The van der Waals surface area contributed by atoms with Gasteiger partial charge in [0.2, 0.25) is 5.91 Å². The van der Waals surface area contributed by atoms with Gasteiger partial charge in [0.05, 0.1) is 13.0 Å². The molecule has 1 aromatic rings. The van der Waals surface area contributed by atoms with Gasteiger partial charge in [0, 0.05) is 16.4 Å². The van der Waals surface area contributed by atoms with Crippen molar-refractivity contribution in [3.63, 3.8) is 0 Å². The summed E-state index contributed by atoms with van der Waals surface area (Å²) in [7, 11) is 0. The molecule has 0 saturated heterocycles. The molecule has 0 aliphatic carbocycles. The molecule has 1 atom stereocenters. The Kier molecular flexibility index (Phi) is 5.77. The van der Waals surface area contributed by atoms with Crippen LogP contribution in [0.1, 0.15) is 19.5 Å². The van der Waals surface area contributed by atoms with Gasteiger partial charge in [-0.15, -0.1) is 0 Å². The Morgan fingerprint density at radius 2 is 2.22 bits per heavy atom. The minimum absolute atomic E-state index is 0.136. The van der Waals surface area contributed by atoms with E-state index in [1.165, 1.54) is 0 Å². The van der Waals surface area contributed by atoms with Crippen LogP contribution in [0.15, 0.2) is 22.8 Å². The maximum absolute atomic E-state index is 11.6. The summed E-state index contributed by atoms with van der Waals surface area (Å²) >= 11 is 3.26. The molecule has 5 nitrogen and oxygen atoms in total. The van der Waals surface area contributed by atoms with E-state index in [0.29, 0.717) is 12.3 Å². The van der Waals surface area contributed by atoms with Gasteiger partial charge in [-0.05, 0) is 41.9 Å². The summed E-state index contributed by atoms with van der Waals surface area (Å²) in [4.78, 5) is 27.0. The molecule has 1 N–H and O–H groups in total. The molecule has 1 amide bonds. The van der Waals surface area contributed by atoms with Crippen molar-refractivity contribution >= 4 is 27.8 Å². The molecule has 98 valence electrons. The molecule has 0 radical (unpaired) electrons. The van der Waals surface area contributed by atoms with E-state index < -0.39 is 12.0 Å². The van der Waals surface area contributed by atoms with Crippen molar-refractivity contribution in [1.29, 1.82) is 0 Å². The number of amides is 1. The zero-order chi connectivity index (χ0) is 13.5. The Balaban J connectivity index is 2.46. The number of pyridine rings is 1. The third-order valence-corrected chi connectivity index (χ3v) is 2.62. The lowest BCUT2D eigenvalue weighted by Crippen LogP contribution is -2.40. The van der Waals surface area contributed by atoms with E-state index in [0.717, 1.165) is 4.47 Å². The summed E-state index contributed by atoms with van der Waals surface area (Å²) in [5, 5.41) is 2.56. The highest BCUT2D eigenvalue weighted by atomic mass is 79.9. The van der Waals surface area contributed by atoms with Gasteiger partial charge in [0.25, 0.3) is 0 Å². The smallest absolute Gasteiger partial charge is 0.328 e. The van der Waals surface area contributed by atoms with Gasteiger partial charge in [-0.25, -0.2) is 4.79 Å². The van der Waals surface area contributed by atoms with Crippen molar-refractivity contribution in [2.75, 3.05) is 6.61 Å². The van der Waals surface area contributed by atoms with E-state index in [4.69, 9.17) is 4.74 Å². The number of nitrogens with zero attached hydrogens (tertiary/aromatic N) is 1. The van der Waals surface area contributed by atoms with Crippen LogP contribution in [0.25, 0.3) is 0 Å². The number of hydrogen-bond acceptors (Lipinski definition) is 4. The van der Waals surface area contributed by atoms with Gasteiger partial charge in [-0.3, -0.25) is 9.78 Å². The summed E-state index contributed by atoms with van der Waals surface area (Å²) in [5.74, 6) is -0.694. The number of nitrogens with one attached hydrogen (secondary N) is 1. The second-order valence-corrected chi connectivity index (χ2v) is 4.60. The van der Waals surface area contributed by atoms with E-state index in [2.05, 4.69) is 26.2 Å². The van der Waals surface area contributed by atoms with Gasteiger partial charge in [0.1, 0.15) is 6.04 Å². The van der Waals surface area contributed by atoms with Crippen LogP contribution in [0.2, 0.25) is 0 Å². The number of hydrogen-bond donors (Lipinski definition) is 1. The minimum atomic E-state index is -0.645. The van der Waals surface area contributed by atoms with E-state index in [-0.39, 0.29) is 12.3 Å². The van der Waals surface area contributed by atoms with Crippen molar-refractivity contribution < 1.29 is 14.3 Å². The zero-order valence-corrected chi connectivity index (χ0v) is 11.9. The van der Waals surface area contributed by atoms with E-state index >= 15 is 0 Å². The van der Waals surface area contributed by atoms with Gasteiger partial charge in [0.15, 0.2) is 0 Å². The lowest BCUT2D eigenvalue weighted by molar-refractivity contribution is -0.146. The predicted molar refractivity (Wildman–Crippen MR) is 69.9 cm³/mol. The van der Waals surface area contributed by atoms with E-state index in [9.17, 15) is 9.59 Å². The molecule has 1 rings (SSSR count). The number of aromatic nitrogens is 1. The first-order valence-corrected chi connectivity index (χ1v) is 6.38. The number of rotatable bonds is 5. The van der Waals surface area contributed by atoms with Crippen LogP contribution < -0.4 is 5.32 Å². The van der Waals surface area contributed by atoms with Crippen LogP contribution in [0, 0.1) is 0 Å². The number of carbonyl (C=O) groups is 2. The topological polar surface area (TPSA) is 68.3 Å². The number of carbonyl (C=O) groups excluding carboxylic acids is 2. The van der Waals surface area contributed by atoms with Gasteiger partial charge in [-0.2, -0.15) is 0 Å². The Morgan fingerprint density at radius 1 is 1.50 bits per heavy atom. The van der Waals surface area contributed by atoms with Gasteiger partial charge < -0.3 is 10.1 Å². The van der Waals surface area contributed by atoms with Crippen LogP contribution in [0.5, 0.6) is 0 Å². The highest BCUT2D eigenvalue weighted by Gasteiger charge is 2.16. The second-order valence-electron chi connectivity index (χ2n) is 3.69. The maximum Gasteiger partial charge on any atom is 0.328 e. The molecule has 0 spiro atoms. The first-order valence-electron chi connectivity index (χ1n) is 5.59. The molecule has 1 heterocycles. The van der Waals surface area contributed by atoms with Crippen molar-refractivity contribution in [3.05, 3.63) is 28.5 Å². The predicted octanol–water partition coefficient (Wildman–Crippen LogP) is 1.45. The third kappa shape index (κ3) is 4.83. The van der Waals surface area contributed by atoms with Crippen LogP contribution in [0.4, 0.5) is 0 Å². The maximum atomic E-state index is 11.6. The summed E-state index contributed by atoms with van der Waals surface area (Å²) in [6.07, 6.45) is 1.76. The standard InChI is InChI=1S/C12H15BrN2O3/c1-3-18-12(17)8(2)15-11(16)6-10-5-4-9(13)7-14-10/h4-5,7-8H,3,6H2,1-2H3,(H,15,16)/t8-/m0/s1. The molecule has 0 aromatic carbocycles. The van der Waals surface area contributed by atoms with Gasteiger partial charge in [-0.1, -0.05) is 0 Å². The Labute approximate surface area is 114 Å². The second kappa shape index (κ2) is 7.10. The Bertz CT molecular complexity index is 420. The highest BCUT2D eigenvalue weighted by molar-refractivity contribution is 9.10. The molecular formula is C12H15BrN2O3. The summed E-state index contributed by atoms with van der Waals surface area (Å²) < 4.78 is 5.65. The first-order chi connectivity index (χ1) is 8.52. The average Bonchev–Trinajstić information content (AvgIpc) is 2.32.